The van der Waals surface area contributed by atoms with Gasteiger partial charge in [-0.1, -0.05) is 13.8 Å². The molecule has 1 rings (SSSR count). The highest BCUT2D eigenvalue weighted by Crippen LogP contribution is 2.18. The Balaban J connectivity index is 2.71. The standard InChI is InChI=1S/C11H16INOS/c1-3-5-13(6-4-2)11(14)9-7-10(12)15-8-9/h7-8H,3-6H2,1-2H3. The average molecular weight is 337 g/mol. The monoisotopic (exact) mass is 337 g/mol. The van der Waals surface area contributed by atoms with Crippen molar-refractivity contribution in [2.75, 3.05) is 13.1 Å². The van der Waals surface area contributed by atoms with Gasteiger partial charge in [0.1, 0.15) is 0 Å². The summed E-state index contributed by atoms with van der Waals surface area (Å²) in [6.07, 6.45) is 2.04. The van der Waals surface area contributed by atoms with Crippen LogP contribution in [-0.2, 0) is 0 Å². The smallest absolute Gasteiger partial charge is 0.254 e. The average Bonchev–Trinajstić information content (AvgIpc) is 2.63. The Hall–Kier alpha value is -0.100. The van der Waals surface area contributed by atoms with Crippen LogP contribution in [0.15, 0.2) is 11.4 Å². The molecule has 0 radical (unpaired) electrons. The lowest BCUT2D eigenvalue weighted by atomic mass is 10.2. The minimum Gasteiger partial charge on any atom is -0.339 e. The summed E-state index contributed by atoms with van der Waals surface area (Å²) in [6, 6.07) is 1.96. The van der Waals surface area contributed by atoms with Crippen molar-refractivity contribution in [2.24, 2.45) is 0 Å². The van der Waals surface area contributed by atoms with Gasteiger partial charge in [0.15, 0.2) is 0 Å². The first kappa shape index (κ1) is 13.0. The Bertz CT molecular complexity index is 318. The molecule has 0 saturated carbocycles. The van der Waals surface area contributed by atoms with Crippen molar-refractivity contribution >= 4 is 39.8 Å². The van der Waals surface area contributed by atoms with Crippen LogP contribution < -0.4 is 0 Å². The number of nitrogens with zero attached hydrogens (tertiary/aromatic N) is 1. The molecule has 0 spiro atoms. The van der Waals surface area contributed by atoms with Crippen LogP contribution in [0.25, 0.3) is 0 Å². The third-order valence-corrected chi connectivity index (χ3v) is 3.88. The predicted molar refractivity (Wildman–Crippen MR) is 73.5 cm³/mol. The van der Waals surface area contributed by atoms with Crippen LogP contribution in [0.5, 0.6) is 0 Å². The molecule has 1 aromatic rings. The first-order valence-electron chi connectivity index (χ1n) is 5.22. The number of carbonyl (C=O) groups is 1. The van der Waals surface area contributed by atoms with Crippen molar-refractivity contribution in [3.8, 4) is 0 Å². The van der Waals surface area contributed by atoms with Crippen LogP contribution in [0.4, 0.5) is 0 Å². The summed E-state index contributed by atoms with van der Waals surface area (Å²) in [7, 11) is 0. The first-order chi connectivity index (χ1) is 7.19. The summed E-state index contributed by atoms with van der Waals surface area (Å²) < 4.78 is 1.17. The van der Waals surface area contributed by atoms with E-state index < -0.39 is 0 Å². The van der Waals surface area contributed by atoms with Crippen LogP contribution in [-0.4, -0.2) is 23.9 Å². The van der Waals surface area contributed by atoms with Crippen molar-refractivity contribution in [3.05, 3.63) is 19.9 Å². The fourth-order valence-electron chi connectivity index (χ4n) is 1.46. The molecular formula is C11H16INOS. The molecule has 0 fully saturated rings. The topological polar surface area (TPSA) is 20.3 Å². The number of carbonyl (C=O) groups excluding carboxylic acids is 1. The summed E-state index contributed by atoms with van der Waals surface area (Å²) in [5, 5.41) is 1.95. The molecule has 0 atom stereocenters. The molecule has 15 heavy (non-hydrogen) atoms. The summed E-state index contributed by atoms with van der Waals surface area (Å²) in [5.41, 5.74) is 0.839. The second-order valence-electron chi connectivity index (χ2n) is 3.43. The molecule has 1 heterocycles. The van der Waals surface area contributed by atoms with Gasteiger partial charge in [0.2, 0.25) is 0 Å². The second kappa shape index (κ2) is 6.48. The van der Waals surface area contributed by atoms with Crippen molar-refractivity contribution in [1.29, 1.82) is 0 Å². The lowest BCUT2D eigenvalue weighted by Gasteiger charge is -2.20. The largest absolute Gasteiger partial charge is 0.339 e. The number of hydrogen-bond acceptors (Lipinski definition) is 2. The first-order valence-corrected chi connectivity index (χ1v) is 7.18. The molecule has 84 valence electrons. The minimum absolute atomic E-state index is 0.179. The molecule has 0 unspecified atom stereocenters. The molecule has 0 saturated heterocycles. The van der Waals surface area contributed by atoms with Crippen LogP contribution in [0.1, 0.15) is 37.0 Å². The highest BCUT2D eigenvalue weighted by atomic mass is 127. The fourth-order valence-corrected chi connectivity index (χ4v) is 2.78. The Morgan fingerprint density at radius 2 is 2.00 bits per heavy atom. The molecule has 0 aliphatic rings. The van der Waals surface area contributed by atoms with Gasteiger partial charge in [0, 0.05) is 18.5 Å². The molecule has 0 aliphatic heterocycles. The van der Waals surface area contributed by atoms with Gasteiger partial charge in [-0.25, -0.2) is 0 Å². The van der Waals surface area contributed by atoms with Crippen LogP contribution in [0.3, 0.4) is 0 Å². The van der Waals surface area contributed by atoms with E-state index in [0.29, 0.717) is 0 Å². The van der Waals surface area contributed by atoms with Crippen LogP contribution >= 0.6 is 33.9 Å². The van der Waals surface area contributed by atoms with E-state index in [2.05, 4.69) is 36.4 Å². The molecule has 1 amide bonds. The van der Waals surface area contributed by atoms with Gasteiger partial charge in [-0.2, -0.15) is 0 Å². The van der Waals surface area contributed by atoms with Gasteiger partial charge >= 0.3 is 0 Å². The van der Waals surface area contributed by atoms with E-state index in [9.17, 15) is 4.79 Å². The molecule has 2 nitrogen and oxygen atoms in total. The van der Waals surface area contributed by atoms with E-state index >= 15 is 0 Å². The predicted octanol–water partition coefficient (Wildman–Crippen LogP) is 3.61. The van der Waals surface area contributed by atoms with Crippen LogP contribution in [0.2, 0.25) is 0 Å². The number of thiophene rings is 1. The summed E-state index contributed by atoms with van der Waals surface area (Å²) in [4.78, 5) is 14.0. The lowest BCUT2D eigenvalue weighted by molar-refractivity contribution is 0.0756. The van der Waals surface area contributed by atoms with Gasteiger partial charge in [-0.15, -0.1) is 11.3 Å². The minimum atomic E-state index is 0.179. The van der Waals surface area contributed by atoms with E-state index in [-0.39, 0.29) is 5.91 Å². The fraction of sp³-hybridized carbons (Fsp3) is 0.545. The van der Waals surface area contributed by atoms with Crippen molar-refractivity contribution in [2.45, 2.75) is 26.7 Å². The molecule has 0 bridgehead atoms. The normalized spacial score (nSPS) is 10.3. The van der Waals surface area contributed by atoms with Crippen molar-refractivity contribution in [1.82, 2.24) is 4.90 Å². The Labute approximate surface area is 109 Å². The zero-order valence-electron chi connectivity index (χ0n) is 9.12. The Morgan fingerprint density at radius 3 is 2.40 bits per heavy atom. The van der Waals surface area contributed by atoms with Gasteiger partial charge in [-0.3, -0.25) is 4.79 Å². The Kier molecular flexibility index (Phi) is 5.60. The zero-order chi connectivity index (χ0) is 11.3. The highest BCUT2D eigenvalue weighted by molar-refractivity contribution is 14.1. The molecular weight excluding hydrogens is 321 g/mol. The third kappa shape index (κ3) is 3.75. The number of amides is 1. The van der Waals surface area contributed by atoms with E-state index in [4.69, 9.17) is 0 Å². The van der Waals surface area contributed by atoms with Crippen LogP contribution in [0, 0.1) is 2.88 Å². The quantitative estimate of drug-likeness (QED) is 0.752. The van der Waals surface area contributed by atoms with Crippen molar-refractivity contribution < 1.29 is 4.79 Å². The van der Waals surface area contributed by atoms with Gasteiger partial charge in [-0.05, 0) is 41.5 Å². The number of hydrogen-bond donors (Lipinski definition) is 0. The van der Waals surface area contributed by atoms with E-state index in [1.807, 2.05) is 16.3 Å². The van der Waals surface area contributed by atoms with Crippen molar-refractivity contribution in [3.63, 3.8) is 0 Å². The van der Waals surface area contributed by atoms with E-state index in [1.54, 1.807) is 11.3 Å². The highest BCUT2D eigenvalue weighted by Gasteiger charge is 2.15. The Morgan fingerprint density at radius 1 is 1.40 bits per heavy atom. The SMILES string of the molecule is CCCN(CCC)C(=O)c1csc(I)c1. The molecule has 4 heteroatoms. The summed E-state index contributed by atoms with van der Waals surface area (Å²) >= 11 is 3.87. The van der Waals surface area contributed by atoms with E-state index in [0.717, 1.165) is 31.5 Å². The third-order valence-electron chi connectivity index (χ3n) is 2.09. The number of rotatable bonds is 5. The zero-order valence-corrected chi connectivity index (χ0v) is 12.1. The summed E-state index contributed by atoms with van der Waals surface area (Å²) in [5.74, 6) is 0.179. The van der Waals surface area contributed by atoms with E-state index in [1.165, 1.54) is 2.88 Å². The summed E-state index contributed by atoms with van der Waals surface area (Å²) in [6.45, 7) is 5.93. The maximum Gasteiger partial charge on any atom is 0.254 e. The number of halogens is 1. The van der Waals surface area contributed by atoms with Gasteiger partial charge in [0.25, 0.3) is 5.91 Å². The lowest BCUT2D eigenvalue weighted by Crippen LogP contribution is -2.32. The molecule has 0 aromatic carbocycles. The maximum absolute atomic E-state index is 12.1. The second-order valence-corrected chi connectivity index (χ2v) is 6.24. The molecule has 1 aromatic heterocycles. The molecule has 0 aliphatic carbocycles. The molecule has 0 N–H and O–H groups in total. The van der Waals surface area contributed by atoms with Gasteiger partial charge < -0.3 is 4.90 Å². The van der Waals surface area contributed by atoms with Gasteiger partial charge in [0.05, 0.1) is 8.45 Å². The maximum atomic E-state index is 12.1.